The molecule has 0 bridgehead atoms. The highest BCUT2D eigenvalue weighted by Crippen LogP contribution is 2.10. The fourth-order valence-electron chi connectivity index (χ4n) is 2.15. The van der Waals surface area contributed by atoms with Crippen LogP contribution in [0.3, 0.4) is 0 Å². The topological polar surface area (TPSA) is 33.7 Å². The molecule has 1 aliphatic heterocycles. The van der Waals surface area contributed by atoms with Crippen LogP contribution in [0, 0.1) is 0 Å². The van der Waals surface area contributed by atoms with E-state index in [1.807, 2.05) is 13.8 Å². The standard InChI is InChI=1S/C13H28N2O2/c1-4-8-15(12-10-14-11-12)9-7-13(16-5-2)17-6-3/h12-14H,4-11H2,1-3H3. The first kappa shape index (κ1) is 14.9. The van der Waals surface area contributed by atoms with Crippen LogP contribution >= 0.6 is 0 Å². The molecule has 1 saturated heterocycles. The molecule has 4 heteroatoms. The fraction of sp³-hybridized carbons (Fsp3) is 1.00. The summed E-state index contributed by atoms with van der Waals surface area (Å²) in [4.78, 5) is 2.56. The number of ether oxygens (including phenoxy) is 2. The third-order valence-electron chi connectivity index (χ3n) is 3.14. The monoisotopic (exact) mass is 244 g/mol. The number of hydrogen-bond donors (Lipinski definition) is 1. The molecule has 0 saturated carbocycles. The molecule has 0 aromatic heterocycles. The van der Waals surface area contributed by atoms with Gasteiger partial charge in [0.25, 0.3) is 0 Å². The molecule has 0 aromatic carbocycles. The van der Waals surface area contributed by atoms with Crippen molar-refractivity contribution in [3.05, 3.63) is 0 Å². The molecule has 0 unspecified atom stereocenters. The first-order valence-electron chi connectivity index (χ1n) is 6.99. The molecule has 1 heterocycles. The van der Waals surface area contributed by atoms with Crippen molar-refractivity contribution in [2.75, 3.05) is 39.4 Å². The van der Waals surface area contributed by atoms with Crippen LogP contribution in [-0.4, -0.2) is 56.6 Å². The summed E-state index contributed by atoms with van der Waals surface area (Å²) in [6, 6.07) is 0.721. The van der Waals surface area contributed by atoms with Crippen molar-refractivity contribution in [2.45, 2.75) is 45.9 Å². The average Bonchev–Trinajstić information content (AvgIpc) is 2.24. The zero-order chi connectivity index (χ0) is 12.5. The van der Waals surface area contributed by atoms with Gasteiger partial charge in [-0.2, -0.15) is 0 Å². The lowest BCUT2D eigenvalue weighted by Gasteiger charge is -2.38. The van der Waals surface area contributed by atoms with Gasteiger partial charge >= 0.3 is 0 Å². The minimum atomic E-state index is -0.0302. The second kappa shape index (κ2) is 8.86. The minimum Gasteiger partial charge on any atom is -0.353 e. The summed E-state index contributed by atoms with van der Waals surface area (Å²) in [7, 11) is 0. The summed E-state index contributed by atoms with van der Waals surface area (Å²) < 4.78 is 11.2. The predicted octanol–water partition coefficient (Wildman–Crippen LogP) is 1.46. The first-order chi connectivity index (χ1) is 8.31. The van der Waals surface area contributed by atoms with E-state index in [0.717, 1.165) is 45.3 Å². The molecule has 0 aromatic rings. The SMILES string of the molecule is CCCN(CCC(OCC)OCC)C1CNC1. The summed E-state index contributed by atoms with van der Waals surface area (Å²) in [6.07, 6.45) is 2.15. The molecule has 1 N–H and O–H groups in total. The summed E-state index contributed by atoms with van der Waals surface area (Å²) in [5, 5.41) is 3.33. The number of nitrogens with one attached hydrogen (secondary N) is 1. The van der Waals surface area contributed by atoms with E-state index >= 15 is 0 Å². The zero-order valence-electron chi connectivity index (χ0n) is 11.6. The van der Waals surface area contributed by atoms with Crippen LogP contribution < -0.4 is 5.32 Å². The van der Waals surface area contributed by atoms with Crippen LogP contribution in [0.5, 0.6) is 0 Å². The van der Waals surface area contributed by atoms with Gasteiger partial charge < -0.3 is 14.8 Å². The lowest BCUT2D eigenvalue weighted by Crippen LogP contribution is -2.57. The Morgan fingerprint density at radius 1 is 1.12 bits per heavy atom. The molecule has 4 nitrogen and oxygen atoms in total. The highest BCUT2D eigenvalue weighted by Gasteiger charge is 2.24. The maximum atomic E-state index is 5.58. The van der Waals surface area contributed by atoms with Gasteiger partial charge in [-0.1, -0.05) is 6.92 Å². The van der Waals surface area contributed by atoms with E-state index in [1.54, 1.807) is 0 Å². The summed E-state index contributed by atoms with van der Waals surface area (Å²) in [5.74, 6) is 0. The normalized spacial score (nSPS) is 16.8. The van der Waals surface area contributed by atoms with Crippen LogP contribution in [0.15, 0.2) is 0 Å². The Balaban J connectivity index is 2.26. The molecule has 1 rings (SSSR count). The number of hydrogen-bond acceptors (Lipinski definition) is 4. The molecule has 1 aliphatic rings. The highest BCUT2D eigenvalue weighted by atomic mass is 16.7. The molecule has 0 spiro atoms. The molecule has 0 atom stereocenters. The van der Waals surface area contributed by atoms with Crippen LogP contribution in [0.25, 0.3) is 0 Å². The van der Waals surface area contributed by atoms with Gasteiger partial charge in [0, 0.05) is 45.3 Å². The van der Waals surface area contributed by atoms with Crippen molar-refractivity contribution in [3.8, 4) is 0 Å². The van der Waals surface area contributed by atoms with Gasteiger partial charge in [-0.3, -0.25) is 4.90 Å². The maximum absolute atomic E-state index is 5.58. The third-order valence-corrected chi connectivity index (χ3v) is 3.14. The van der Waals surface area contributed by atoms with E-state index in [2.05, 4.69) is 17.1 Å². The van der Waals surface area contributed by atoms with Crippen molar-refractivity contribution in [3.63, 3.8) is 0 Å². The van der Waals surface area contributed by atoms with Gasteiger partial charge in [-0.05, 0) is 26.8 Å². The van der Waals surface area contributed by atoms with E-state index < -0.39 is 0 Å². The Hall–Kier alpha value is -0.160. The Bertz CT molecular complexity index is 180. The fourth-order valence-corrected chi connectivity index (χ4v) is 2.15. The smallest absolute Gasteiger partial charge is 0.158 e. The largest absolute Gasteiger partial charge is 0.353 e. The van der Waals surface area contributed by atoms with Crippen molar-refractivity contribution < 1.29 is 9.47 Å². The highest BCUT2D eigenvalue weighted by molar-refractivity contribution is 4.84. The summed E-state index contributed by atoms with van der Waals surface area (Å²) in [6.45, 7) is 12.2. The number of nitrogens with zero attached hydrogens (tertiary/aromatic N) is 1. The first-order valence-corrected chi connectivity index (χ1v) is 6.99. The second-order valence-corrected chi connectivity index (χ2v) is 4.48. The summed E-state index contributed by atoms with van der Waals surface area (Å²) in [5.41, 5.74) is 0. The van der Waals surface area contributed by atoms with Crippen LogP contribution in [0.4, 0.5) is 0 Å². The lowest BCUT2D eigenvalue weighted by atomic mass is 10.1. The van der Waals surface area contributed by atoms with E-state index in [0.29, 0.717) is 0 Å². The molecular formula is C13H28N2O2. The lowest BCUT2D eigenvalue weighted by molar-refractivity contribution is -0.142. The predicted molar refractivity (Wildman–Crippen MR) is 70.2 cm³/mol. The Labute approximate surface area is 106 Å². The molecule has 17 heavy (non-hydrogen) atoms. The third kappa shape index (κ3) is 5.34. The van der Waals surface area contributed by atoms with Crippen LogP contribution in [0.1, 0.15) is 33.6 Å². The van der Waals surface area contributed by atoms with Crippen molar-refractivity contribution in [1.29, 1.82) is 0 Å². The molecule has 102 valence electrons. The summed E-state index contributed by atoms with van der Waals surface area (Å²) >= 11 is 0. The van der Waals surface area contributed by atoms with Gasteiger partial charge in [0.05, 0.1) is 0 Å². The van der Waals surface area contributed by atoms with Gasteiger partial charge in [-0.25, -0.2) is 0 Å². The van der Waals surface area contributed by atoms with Gasteiger partial charge in [0.15, 0.2) is 6.29 Å². The maximum Gasteiger partial charge on any atom is 0.158 e. The second-order valence-electron chi connectivity index (χ2n) is 4.48. The van der Waals surface area contributed by atoms with Gasteiger partial charge in [-0.15, -0.1) is 0 Å². The molecular weight excluding hydrogens is 216 g/mol. The Morgan fingerprint density at radius 3 is 2.18 bits per heavy atom. The van der Waals surface area contributed by atoms with Gasteiger partial charge in [0.1, 0.15) is 0 Å². The minimum absolute atomic E-state index is 0.0302. The number of rotatable bonds is 10. The Morgan fingerprint density at radius 2 is 1.76 bits per heavy atom. The molecule has 1 fully saturated rings. The van der Waals surface area contributed by atoms with Gasteiger partial charge in [0.2, 0.25) is 0 Å². The Kier molecular flexibility index (Phi) is 7.77. The van der Waals surface area contributed by atoms with E-state index in [4.69, 9.17) is 9.47 Å². The van der Waals surface area contributed by atoms with E-state index in [1.165, 1.54) is 13.0 Å². The quantitative estimate of drug-likeness (QED) is 0.590. The van der Waals surface area contributed by atoms with Crippen LogP contribution in [-0.2, 0) is 9.47 Å². The van der Waals surface area contributed by atoms with Crippen molar-refractivity contribution in [1.82, 2.24) is 10.2 Å². The molecule has 0 amide bonds. The molecule has 0 aliphatic carbocycles. The molecule has 0 radical (unpaired) electrons. The van der Waals surface area contributed by atoms with Crippen molar-refractivity contribution >= 4 is 0 Å². The van der Waals surface area contributed by atoms with E-state index in [9.17, 15) is 0 Å². The zero-order valence-corrected chi connectivity index (χ0v) is 11.6. The van der Waals surface area contributed by atoms with E-state index in [-0.39, 0.29) is 6.29 Å². The average molecular weight is 244 g/mol. The van der Waals surface area contributed by atoms with Crippen LogP contribution in [0.2, 0.25) is 0 Å². The van der Waals surface area contributed by atoms with Crippen molar-refractivity contribution in [2.24, 2.45) is 0 Å².